The number of rotatable bonds is 3. The number of benzene rings is 1. The lowest BCUT2D eigenvalue weighted by molar-refractivity contribution is 0.0531. The van der Waals surface area contributed by atoms with Crippen LogP contribution in [0.3, 0.4) is 0 Å². The highest BCUT2D eigenvalue weighted by Gasteiger charge is 2.20. The van der Waals surface area contributed by atoms with Crippen LogP contribution in [0.15, 0.2) is 35.1 Å². The van der Waals surface area contributed by atoms with Gasteiger partial charge in [0.25, 0.3) is 5.56 Å². The van der Waals surface area contributed by atoms with E-state index in [0.29, 0.717) is 33.1 Å². The molecule has 2 heterocycles. The van der Waals surface area contributed by atoms with Gasteiger partial charge in [0.2, 0.25) is 0 Å². The molecule has 3 rings (SSSR count). The number of aryl methyl sites for hydroxylation is 1. The topological polar surface area (TPSA) is 72.0 Å². The Hall–Kier alpha value is -2.47. The molecule has 0 radical (unpaired) electrons. The van der Waals surface area contributed by atoms with Crippen molar-refractivity contribution in [3.63, 3.8) is 0 Å². The number of carbonyl (C=O) groups excluding carboxylic acids is 1. The Labute approximate surface area is 130 Å². The number of nitrogens with zero attached hydrogens (tertiary/aromatic N) is 1. The molecule has 22 heavy (non-hydrogen) atoms. The molecule has 3 aromatic rings. The zero-order chi connectivity index (χ0) is 15.7. The van der Waals surface area contributed by atoms with Gasteiger partial charge in [-0.1, -0.05) is 30.3 Å². The molecular formula is C16H14N2O3S. The third-order valence-corrected chi connectivity index (χ3v) is 4.47. The lowest BCUT2D eigenvalue weighted by Gasteiger charge is -2.00. The predicted molar refractivity (Wildman–Crippen MR) is 86.4 cm³/mol. The van der Waals surface area contributed by atoms with Crippen LogP contribution in [0.5, 0.6) is 0 Å². The summed E-state index contributed by atoms with van der Waals surface area (Å²) in [5.41, 5.74) is 1.20. The van der Waals surface area contributed by atoms with E-state index in [0.717, 1.165) is 5.56 Å². The number of carbonyl (C=O) groups is 1. The van der Waals surface area contributed by atoms with E-state index in [1.165, 1.54) is 11.3 Å². The number of hydrogen-bond acceptors (Lipinski definition) is 5. The average molecular weight is 314 g/mol. The number of nitrogens with one attached hydrogen (secondary N) is 1. The first-order valence-corrected chi connectivity index (χ1v) is 7.69. The number of aromatic amines is 1. The minimum atomic E-state index is -0.413. The van der Waals surface area contributed by atoms with Crippen LogP contribution in [-0.4, -0.2) is 22.5 Å². The zero-order valence-corrected chi connectivity index (χ0v) is 13.0. The van der Waals surface area contributed by atoms with Gasteiger partial charge in [0.1, 0.15) is 15.5 Å². The Balaban J connectivity index is 2.19. The summed E-state index contributed by atoms with van der Waals surface area (Å²) in [7, 11) is 0. The van der Waals surface area contributed by atoms with E-state index in [1.807, 2.05) is 30.3 Å². The van der Waals surface area contributed by atoms with Crippen LogP contribution >= 0.6 is 11.3 Å². The Bertz CT molecular complexity index is 897. The molecule has 6 heteroatoms. The van der Waals surface area contributed by atoms with E-state index in [4.69, 9.17) is 4.74 Å². The van der Waals surface area contributed by atoms with Crippen LogP contribution in [0, 0.1) is 6.92 Å². The lowest BCUT2D eigenvalue weighted by Crippen LogP contribution is -2.10. The summed E-state index contributed by atoms with van der Waals surface area (Å²) in [6.45, 7) is 3.79. The van der Waals surface area contributed by atoms with Gasteiger partial charge in [0.05, 0.1) is 12.0 Å². The standard InChI is InChI=1S/C16H14N2O3S/c1-3-21-16(20)12-9(2)11-14(19)17-13(18-15(11)22-12)10-7-5-4-6-8-10/h4-8H,3H2,1-2H3,(H,17,18,19). The van der Waals surface area contributed by atoms with Crippen molar-refractivity contribution in [2.75, 3.05) is 6.61 Å². The minimum absolute atomic E-state index is 0.242. The minimum Gasteiger partial charge on any atom is -0.462 e. The molecule has 0 aliphatic rings. The van der Waals surface area contributed by atoms with Gasteiger partial charge in [0, 0.05) is 5.56 Å². The Morgan fingerprint density at radius 2 is 2.05 bits per heavy atom. The third kappa shape index (κ3) is 2.42. The summed E-state index contributed by atoms with van der Waals surface area (Å²) in [5.74, 6) is 0.0819. The highest BCUT2D eigenvalue weighted by Crippen LogP contribution is 2.28. The number of H-pyrrole nitrogens is 1. The second-order valence-corrected chi connectivity index (χ2v) is 5.74. The normalized spacial score (nSPS) is 10.8. The van der Waals surface area contributed by atoms with E-state index in [2.05, 4.69) is 9.97 Å². The highest BCUT2D eigenvalue weighted by atomic mass is 32.1. The summed E-state index contributed by atoms with van der Waals surface area (Å²) < 4.78 is 5.02. The monoisotopic (exact) mass is 314 g/mol. The van der Waals surface area contributed by atoms with E-state index < -0.39 is 5.97 Å². The molecule has 1 aromatic carbocycles. The molecule has 0 saturated heterocycles. The van der Waals surface area contributed by atoms with E-state index in [9.17, 15) is 9.59 Å². The molecule has 0 aliphatic carbocycles. The van der Waals surface area contributed by atoms with E-state index >= 15 is 0 Å². The summed E-state index contributed by atoms with van der Waals surface area (Å²) in [4.78, 5) is 32.5. The summed E-state index contributed by atoms with van der Waals surface area (Å²) in [6.07, 6.45) is 0. The average Bonchev–Trinajstić information content (AvgIpc) is 2.86. The van der Waals surface area contributed by atoms with Gasteiger partial charge in [-0.25, -0.2) is 9.78 Å². The number of thiophene rings is 1. The Kier molecular flexibility index (Phi) is 3.77. The molecule has 0 aliphatic heterocycles. The number of hydrogen-bond donors (Lipinski definition) is 1. The Morgan fingerprint density at radius 1 is 1.32 bits per heavy atom. The maximum Gasteiger partial charge on any atom is 0.348 e. The zero-order valence-electron chi connectivity index (χ0n) is 12.2. The molecule has 1 N–H and O–H groups in total. The first kappa shape index (κ1) is 14.5. The van der Waals surface area contributed by atoms with Gasteiger partial charge < -0.3 is 9.72 Å². The molecule has 112 valence electrons. The van der Waals surface area contributed by atoms with Crippen LogP contribution in [0.4, 0.5) is 0 Å². The van der Waals surface area contributed by atoms with Gasteiger partial charge in [-0.3, -0.25) is 4.79 Å². The highest BCUT2D eigenvalue weighted by molar-refractivity contribution is 7.20. The van der Waals surface area contributed by atoms with Crippen LogP contribution < -0.4 is 5.56 Å². The van der Waals surface area contributed by atoms with Crippen molar-refractivity contribution in [2.45, 2.75) is 13.8 Å². The van der Waals surface area contributed by atoms with Crippen molar-refractivity contribution in [3.05, 3.63) is 51.1 Å². The Morgan fingerprint density at radius 3 is 2.73 bits per heavy atom. The second-order valence-electron chi connectivity index (χ2n) is 4.74. The fourth-order valence-electron chi connectivity index (χ4n) is 2.27. The lowest BCUT2D eigenvalue weighted by atomic mass is 10.2. The predicted octanol–water partition coefficient (Wildman–Crippen LogP) is 3.14. The van der Waals surface area contributed by atoms with Crippen LogP contribution in [-0.2, 0) is 4.74 Å². The molecule has 0 unspecified atom stereocenters. The fourth-order valence-corrected chi connectivity index (χ4v) is 3.34. The van der Waals surface area contributed by atoms with Crippen molar-refractivity contribution < 1.29 is 9.53 Å². The maximum absolute atomic E-state index is 12.3. The summed E-state index contributed by atoms with van der Waals surface area (Å²) in [6, 6.07) is 9.40. The van der Waals surface area contributed by atoms with Crippen LogP contribution in [0.2, 0.25) is 0 Å². The van der Waals surface area contributed by atoms with E-state index in [1.54, 1.807) is 13.8 Å². The maximum atomic E-state index is 12.3. The van der Waals surface area contributed by atoms with Crippen molar-refractivity contribution in [1.29, 1.82) is 0 Å². The first-order valence-electron chi connectivity index (χ1n) is 6.87. The molecule has 0 saturated carbocycles. The van der Waals surface area contributed by atoms with Gasteiger partial charge in [-0.05, 0) is 19.4 Å². The molecule has 5 nitrogen and oxygen atoms in total. The van der Waals surface area contributed by atoms with Crippen molar-refractivity contribution in [2.24, 2.45) is 0 Å². The number of esters is 1. The van der Waals surface area contributed by atoms with E-state index in [-0.39, 0.29) is 5.56 Å². The molecule has 0 spiro atoms. The third-order valence-electron chi connectivity index (χ3n) is 3.31. The van der Waals surface area contributed by atoms with Gasteiger partial charge >= 0.3 is 5.97 Å². The quantitative estimate of drug-likeness (QED) is 0.754. The van der Waals surface area contributed by atoms with Crippen LogP contribution in [0.1, 0.15) is 22.2 Å². The number of aromatic nitrogens is 2. The smallest absolute Gasteiger partial charge is 0.348 e. The van der Waals surface area contributed by atoms with Crippen molar-refractivity contribution in [3.8, 4) is 11.4 Å². The van der Waals surface area contributed by atoms with Crippen molar-refractivity contribution >= 4 is 27.5 Å². The molecular weight excluding hydrogens is 300 g/mol. The van der Waals surface area contributed by atoms with Crippen LogP contribution in [0.25, 0.3) is 21.6 Å². The number of ether oxygens (including phenoxy) is 1. The van der Waals surface area contributed by atoms with Gasteiger partial charge in [-0.2, -0.15) is 0 Å². The summed E-state index contributed by atoms with van der Waals surface area (Å²) >= 11 is 1.19. The second kappa shape index (κ2) is 5.73. The SMILES string of the molecule is CCOC(=O)c1sc2nc(-c3ccccc3)[nH]c(=O)c2c1C. The fraction of sp³-hybridized carbons (Fsp3) is 0.188. The summed E-state index contributed by atoms with van der Waals surface area (Å²) in [5, 5.41) is 0.452. The largest absolute Gasteiger partial charge is 0.462 e. The molecule has 0 amide bonds. The van der Waals surface area contributed by atoms with Gasteiger partial charge in [0.15, 0.2) is 0 Å². The van der Waals surface area contributed by atoms with Gasteiger partial charge in [-0.15, -0.1) is 11.3 Å². The van der Waals surface area contributed by atoms with Crippen molar-refractivity contribution in [1.82, 2.24) is 9.97 Å². The molecule has 2 aromatic heterocycles. The molecule has 0 bridgehead atoms. The first-order chi connectivity index (χ1) is 10.6. The molecule has 0 atom stereocenters. The molecule has 0 fully saturated rings. The number of fused-ring (bicyclic) bond motifs is 1.